The molecule has 162 valence electrons. The SMILES string of the molecule is CNc1nc([C@H]2CCCN(C)C2)nc2c1CN(S(=O)(=O)c1ccc(OC)cc1)CC2. The lowest BCUT2D eigenvalue weighted by Gasteiger charge is -2.31. The van der Waals surface area contributed by atoms with Gasteiger partial charge in [0.2, 0.25) is 10.0 Å². The van der Waals surface area contributed by atoms with Gasteiger partial charge in [0.1, 0.15) is 17.4 Å². The smallest absolute Gasteiger partial charge is 0.243 e. The molecule has 4 rings (SSSR count). The molecule has 8 nitrogen and oxygen atoms in total. The number of benzene rings is 1. The Morgan fingerprint density at radius 2 is 1.93 bits per heavy atom. The summed E-state index contributed by atoms with van der Waals surface area (Å²) in [7, 11) is 1.91. The van der Waals surface area contributed by atoms with Crippen molar-refractivity contribution in [1.82, 2.24) is 19.2 Å². The van der Waals surface area contributed by atoms with Crippen molar-refractivity contribution in [3.05, 3.63) is 41.3 Å². The Labute approximate surface area is 178 Å². The zero-order chi connectivity index (χ0) is 21.3. The van der Waals surface area contributed by atoms with Crippen molar-refractivity contribution >= 4 is 15.8 Å². The maximum atomic E-state index is 13.2. The Balaban J connectivity index is 1.61. The lowest BCUT2D eigenvalue weighted by Crippen LogP contribution is -2.37. The fourth-order valence-electron chi connectivity index (χ4n) is 4.28. The van der Waals surface area contributed by atoms with Crippen LogP contribution in [0.3, 0.4) is 0 Å². The molecule has 1 aromatic carbocycles. The summed E-state index contributed by atoms with van der Waals surface area (Å²) in [4.78, 5) is 12.2. The van der Waals surface area contributed by atoms with Crippen molar-refractivity contribution < 1.29 is 13.2 Å². The van der Waals surface area contributed by atoms with Crippen LogP contribution in [0.1, 0.15) is 35.8 Å². The Morgan fingerprint density at radius 3 is 2.60 bits per heavy atom. The molecule has 1 atom stereocenters. The molecular weight excluding hydrogens is 402 g/mol. The van der Waals surface area contributed by atoms with Gasteiger partial charge in [0.15, 0.2) is 0 Å². The summed E-state index contributed by atoms with van der Waals surface area (Å²) < 4.78 is 33.0. The largest absolute Gasteiger partial charge is 0.497 e. The first-order valence-electron chi connectivity index (χ1n) is 10.3. The predicted octanol–water partition coefficient (Wildman–Crippen LogP) is 2.08. The topological polar surface area (TPSA) is 87.7 Å². The zero-order valence-electron chi connectivity index (χ0n) is 17.8. The highest BCUT2D eigenvalue weighted by Crippen LogP contribution is 2.31. The van der Waals surface area contributed by atoms with Gasteiger partial charge in [-0.25, -0.2) is 18.4 Å². The quantitative estimate of drug-likeness (QED) is 0.775. The van der Waals surface area contributed by atoms with Gasteiger partial charge in [-0.3, -0.25) is 0 Å². The minimum absolute atomic E-state index is 0.264. The van der Waals surface area contributed by atoms with Crippen LogP contribution in [0.25, 0.3) is 0 Å². The summed E-state index contributed by atoms with van der Waals surface area (Å²) in [5.74, 6) is 2.56. The molecule has 9 heteroatoms. The molecule has 1 fully saturated rings. The van der Waals surface area contributed by atoms with Crippen molar-refractivity contribution in [2.75, 3.05) is 46.2 Å². The van der Waals surface area contributed by atoms with E-state index in [-0.39, 0.29) is 11.4 Å². The minimum atomic E-state index is -3.60. The second kappa shape index (κ2) is 8.49. The molecule has 2 aliphatic rings. The van der Waals surface area contributed by atoms with Crippen molar-refractivity contribution in [2.24, 2.45) is 0 Å². The Morgan fingerprint density at radius 1 is 1.17 bits per heavy atom. The van der Waals surface area contributed by atoms with E-state index in [2.05, 4.69) is 17.3 Å². The maximum absolute atomic E-state index is 13.2. The molecule has 0 saturated carbocycles. The van der Waals surface area contributed by atoms with Gasteiger partial charge in [0.25, 0.3) is 0 Å². The zero-order valence-corrected chi connectivity index (χ0v) is 18.6. The monoisotopic (exact) mass is 431 g/mol. The summed E-state index contributed by atoms with van der Waals surface area (Å²) in [6.45, 7) is 2.74. The molecule has 0 bridgehead atoms. The van der Waals surface area contributed by atoms with Crippen LogP contribution in [0.15, 0.2) is 29.2 Å². The van der Waals surface area contributed by atoms with E-state index in [1.54, 1.807) is 31.4 Å². The molecule has 2 aromatic rings. The molecule has 0 amide bonds. The first kappa shape index (κ1) is 21.0. The van der Waals surface area contributed by atoms with Gasteiger partial charge in [-0.2, -0.15) is 4.31 Å². The van der Waals surface area contributed by atoms with Gasteiger partial charge in [-0.1, -0.05) is 0 Å². The fourth-order valence-corrected chi connectivity index (χ4v) is 5.69. The van der Waals surface area contributed by atoms with Crippen LogP contribution >= 0.6 is 0 Å². The van der Waals surface area contributed by atoms with Gasteiger partial charge in [0.05, 0.1) is 17.7 Å². The second-order valence-electron chi connectivity index (χ2n) is 7.97. The van der Waals surface area contributed by atoms with Crippen LogP contribution in [0.5, 0.6) is 5.75 Å². The molecule has 0 spiro atoms. The number of methoxy groups -OCH3 is 1. The number of hydrogen-bond donors (Lipinski definition) is 1. The van der Waals surface area contributed by atoms with E-state index in [9.17, 15) is 8.42 Å². The van der Waals surface area contributed by atoms with E-state index in [0.29, 0.717) is 24.6 Å². The van der Waals surface area contributed by atoms with E-state index in [1.807, 2.05) is 7.05 Å². The molecule has 30 heavy (non-hydrogen) atoms. The number of fused-ring (bicyclic) bond motifs is 1. The predicted molar refractivity (Wildman–Crippen MR) is 115 cm³/mol. The molecule has 3 heterocycles. The number of likely N-dealkylation sites (tertiary alicyclic amines) is 1. The van der Waals surface area contributed by atoms with E-state index in [0.717, 1.165) is 48.8 Å². The van der Waals surface area contributed by atoms with Gasteiger partial charge in [-0.05, 0) is 50.7 Å². The highest BCUT2D eigenvalue weighted by molar-refractivity contribution is 7.89. The molecular formula is C21H29N5O3S. The van der Waals surface area contributed by atoms with Gasteiger partial charge in [0, 0.05) is 44.6 Å². The van der Waals surface area contributed by atoms with E-state index < -0.39 is 10.0 Å². The molecule has 0 unspecified atom stereocenters. The average Bonchev–Trinajstić information content (AvgIpc) is 2.78. The summed E-state index contributed by atoms with van der Waals surface area (Å²) in [5.41, 5.74) is 1.83. The third-order valence-corrected chi connectivity index (χ3v) is 7.83. The van der Waals surface area contributed by atoms with E-state index in [4.69, 9.17) is 14.7 Å². The fraction of sp³-hybridized carbons (Fsp3) is 0.524. The number of hydrogen-bond acceptors (Lipinski definition) is 7. The van der Waals surface area contributed by atoms with Crippen molar-refractivity contribution in [1.29, 1.82) is 0 Å². The highest BCUT2D eigenvalue weighted by atomic mass is 32.2. The lowest BCUT2D eigenvalue weighted by molar-refractivity contribution is 0.245. The van der Waals surface area contributed by atoms with Gasteiger partial charge < -0.3 is 15.0 Å². The number of ether oxygens (including phenoxy) is 1. The third kappa shape index (κ3) is 4.01. The number of sulfonamides is 1. The Hall–Kier alpha value is -2.23. The standard InChI is InChI=1S/C21H29N5O3S/c1-22-21-18-14-26(30(27,28)17-8-6-16(29-3)7-9-17)12-10-19(18)23-20(24-21)15-5-4-11-25(2)13-15/h6-9,15H,4-5,10-14H2,1-3H3,(H,22,23,24)/t15-/m0/s1. The maximum Gasteiger partial charge on any atom is 0.243 e. The number of likely N-dealkylation sites (N-methyl/N-ethyl adjacent to an activating group) is 1. The normalized spacial score (nSPS) is 20.6. The number of rotatable bonds is 5. The van der Waals surface area contributed by atoms with E-state index >= 15 is 0 Å². The average molecular weight is 432 g/mol. The molecule has 1 N–H and O–H groups in total. The van der Waals surface area contributed by atoms with Gasteiger partial charge >= 0.3 is 0 Å². The third-order valence-electron chi connectivity index (χ3n) is 5.97. The molecule has 2 aliphatic heterocycles. The van der Waals surface area contributed by atoms with Crippen LogP contribution in [0.2, 0.25) is 0 Å². The summed E-state index contributed by atoms with van der Waals surface area (Å²) in [6, 6.07) is 6.50. The van der Waals surface area contributed by atoms with Crippen LogP contribution < -0.4 is 10.1 Å². The minimum Gasteiger partial charge on any atom is -0.497 e. The van der Waals surface area contributed by atoms with Crippen LogP contribution in [-0.2, 0) is 23.0 Å². The summed E-state index contributed by atoms with van der Waals surface area (Å²) in [6.07, 6.45) is 2.81. The summed E-state index contributed by atoms with van der Waals surface area (Å²) >= 11 is 0. The van der Waals surface area contributed by atoms with E-state index in [1.165, 1.54) is 4.31 Å². The van der Waals surface area contributed by atoms with Crippen LogP contribution in [0, 0.1) is 0 Å². The first-order valence-corrected chi connectivity index (χ1v) is 11.8. The molecule has 0 aliphatic carbocycles. The van der Waals surface area contributed by atoms with Gasteiger partial charge in [-0.15, -0.1) is 0 Å². The van der Waals surface area contributed by atoms with Crippen molar-refractivity contribution in [3.8, 4) is 5.75 Å². The molecule has 1 aromatic heterocycles. The Bertz CT molecular complexity index is 993. The first-order chi connectivity index (χ1) is 14.4. The number of nitrogens with one attached hydrogen (secondary N) is 1. The number of anilines is 1. The number of nitrogens with zero attached hydrogens (tertiary/aromatic N) is 4. The molecule has 0 radical (unpaired) electrons. The summed E-state index contributed by atoms with van der Waals surface area (Å²) in [5, 5.41) is 3.17. The lowest BCUT2D eigenvalue weighted by atomic mass is 9.97. The van der Waals surface area contributed by atoms with Crippen molar-refractivity contribution in [2.45, 2.75) is 36.6 Å². The second-order valence-corrected chi connectivity index (χ2v) is 9.91. The van der Waals surface area contributed by atoms with Crippen LogP contribution in [0.4, 0.5) is 5.82 Å². The van der Waals surface area contributed by atoms with Crippen molar-refractivity contribution in [3.63, 3.8) is 0 Å². The Kier molecular flexibility index (Phi) is 5.95. The highest BCUT2D eigenvalue weighted by Gasteiger charge is 2.32. The number of piperidine rings is 1. The number of aromatic nitrogens is 2. The van der Waals surface area contributed by atoms with Crippen LogP contribution in [-0.4, -0.2) is 68.4 Å². The molecule has 1 saturated heterocycles.